The second-order valence-corrected chi connectivity index (χ2v) is 11.0. The van der Waals surface area contributed by atoms with Crippen molar-refractivity contribution >= 4 is 17.4 Å². The van der Waals surface area contributed by atoms with Crippen molar-refractivity contribution in [2.24, 2.45) is 22.6 Å². The van der Waals surface area contributed by atoms with Crippen LogP contribution >= 0.6 is 0 Å². The third kappa shape index (κ3) is 7.04. The van der Waals surface area contributed by atoms with Gasteiger partial charge in [-0.2, -0.15) is 0 Å². The Hall–Kier alpha value is -3.06. The van der Waals surface area contributed by atoms with Gasteiger partial charge in [-0.3, -0.25) is 4.79 Å². The highest BCUT2D eigenvalue weighted by Crippen LogP contribution is 2.35. The Morgan fingerprint density at radius 1 is 0.946 bits per heavy atom. The van der Waals surface area contributed by atoms with E-state index in [0.29, 0.717) is 24.2 Å². The first-order chi connectivity index (χ1) is 18.0. The van der Waals surface area contributed by atoms with E-state index in [1.165, 1.54) is 44.9 Å². The molecule has 7 heteroatoms. The summed E-state index contributed by atoms with van der Waals surface area (Å²) in [6, 6.07) is 14.3. The first kappa shape index (κ1) is 25.6. The molecule has 0 radical (unpaired) electrons. The van der Waals surface area contributed by atoms with Crippen molar-refractivity contribution in [3.63, 3.8) is 0 Å². The zero-order chi connectivity index (χ0) is 25.6. The summed E-state index contributed by atoms with van der Waals surface area (Å²) in [5, 5.41) is 7.13. The fraction of sp³-hybridized carbons (Fsp3) is 0.533. The number of nitrogens with zero attached hydrogens (tertiary/aromatic N) is 1. The number of benzene rings is 2. The Morgan fingerprint density at radius 3 is 2.43 bits per heavy atom. The number of nitrogens with one attached hydrogen (secondary N) is 2. The lowest BCUT2D eigenvalue weighted by molar-refractivity contribution is 0.101. The summed E-state index contributed by atoms with van der Waals surface area (Å²) >= 11 is 0. The van der Waals surface area contributed by atoms with E-state index in [9.17, 15) is 4.79 Å². The molecule has 4 N–H and O–H groups in total. The maximum absolute atomic E-state index is 11.9. The third-order valence-corrected chi connectivity index (χ3v) is 8.13. The number of ketones is 1. The summed E-state index contributed by atoms with van der Waals surface area (Å²) in [6.45, 7) is 2.36. The molecule has 2 saturated carbocycles. The van der Waals surface area contributed by atoms with Crippen LogP contribution in [0.2, 0.25) is 0 Å². The number of carbonyl (C=O) groups is 1. The highest BCUT2D eigenvalue weighted by atomic mass is 16.7. The molecule has 37 heavy (non-hydrogen) atoms. The van der Waals surface area contributed by atoms with Gasteiger partial charge in [0.15, 0.2) is 23.2 Å². The molecule has 0 bridgehead atoms. The van der Waals surface area contributed by atoms with E-state index >= 15 is 0 Å². The molecule has 2 aromatic carbocycles. The van der Waals surface area contributed by atoms with Gasteiger partial charge in [0.1, 0.15) is 0 Å². The van der Waals surface area contributed by atoms with Gasteiger partial charge in [-0.1, -0.05) is 18.2 Å². The van der Waals surface area contributed by atoms with Crippen molar-refractivity contribution in [1.29, 1.82) is 0 Å². The normalized spacial score (nSPS) is 25.5. The minimum absolute atomic E-state index is 0.0497. The molecule has 3 aliphatic rings. The van der Waals surface area contributed by atoms with Gasteiger partial charge >= 0.3 is 0 Å². The number of anilines is 1. The van der Waals surface area contributed by atoms with Crippen LogP contribution in [0, 0.1) is 11.8 Å². The lowest BCUT2D eigenvalue weighted by atomic mass is 9.76. The summed E-state index contributed by atoms with van der Waals surface area (Å²) in [5.41, 5.74) is 8.70. The van der Waals surface area contributed by atoms with E-state index in [1.54, 1.807) is 6.92 Å². The molecule has 0 saturated heterocycles. The fourth-order valence-corrected chi connectivity index (χ4v) is 5.91. The van der Waals surface area contributed by atoms with Crippen LogP contribution in [0.4, 0.5) is 5.69 Å². The predicted molar refractivity (Wildman–Crippen MR) is 147 cm³/mol. The molecule has 198 valence electrons. The Bertz CT molecular complexity index is 1100. The maximum Gasteiger partial charge on any atom is 0.231 e. The number of ether oxygens (including phenoxy) is 2. The van der Waals surface area contributed by atoms with Crippen LogP contribution in [0.3, 0.4) is 0 Å². The average molecular weight is 505 g/mol. The second-order valence-electron chi connectivity index (χ2n) is 11.0. The molecule has 0 amide bonds. The molecule has 0 aromatic heterocycles. The molecule has 1 heterocycles. The lowest BCUT2D eigenvalue weighted by Gasteiger charge is -2.34. The topological polar surface area (TPSA) is 98.0 Å². The van der Waals surface area contributed by atoms with E-state index in [0.717, 1.165) is 53.4 Å². The van der Waals surface area contributed by atoms with Crippen molar-refractivity contribution < 1.29 is 14.3 Å². The Balaban J connectivity index is 1.22. The van der Waals surface area contributed by atoms with E-state index in [-0.39, 0.29) is 12.6 Å². The average Bonchev–Trinajstić information content (AvgIpc) is 3.38. The fourth-order valence-electron chi connectivity index (χ4n) is 5.91. The standard InChI is InChI=1S/C30H40N4O3/c1-20(35)24-3-2-4-27(17-24)34-30(32-18-23-9-14-28-29(16-23)37-19-36-28)33-26-12-7-22(8-13-26)15-21-5-10-25(31)11-6-21/h2-4,9,14,16-17,21-22,25-26H,5-8,10-13,15,18-19,31H2,1H3,(H2,32,33,34). The van der Waals surface area contributed by atoms with Crippen LogP contribution in [0.25, 0.3) is 0 Å². The largest absolute Gasteiger partial charge is 0.454 e. The highest BCUT2D eigenvalue weighted by molar-refractivity contribution is 5.98. The van der Waals surface area contributed by atoms with Crippen LogP contribution in [0.15, 0.2) is 47.5 Å². The zero-order valence-corrected chi connectivity index (χ0v) is 21.9. The first-order valence-electron chi connectivity index (χ1n) is 13.8. The quantitative estimate of drug-likeness (QED) is 0.256. The van der Waals surface area contributed by atoms with Crippen LogP contribution in [-0.2, 0) is 6.54 Å². The smallest absolute Gasteiger partial charge is 0.231 e. The number of Topliss-reactive ketones (excluding diaryl/α,β-unsaturated/α-hetero) is 1. The highest BCUT2D eigenvalue weighted by Gasteiger charge is 2.26. The predicted octanol–water partition coefficient (Wildman–Crippen LogP) is 5.64. The number of guanidine groups is 1. The first-order valence-corrected chi connectivity index (χ1v) is 13.8. The minimum atomic E-state index is 0.0497. The lowest BCUT2D eigenvalue weighted by Crippen LogP contribution is -2.41. The molecule has 7 nitrogen and oxygen atoms in total. The summed E-state index contributed by atoms with van der Waals surface area (Å²) in [5.74, 6) is 4.02. The van der Waals surface area contributed by atoms with Crippen molar-refractivity contribution in [3.05, 3.63) is 53.6 Å². The van der Waals surface area contributed by atoms with Crippen molar-refractivity contribution in [1.82, 2.24) is 5.32 Å². The molecule has 1 aliphatic heterocycles. The molecular weight excluding hydrogens is 464 g/mol. The Labute approximate surface area is 220 Å². The Morgan fingerprint density at radius 2 is 1.68 bits per heavy atom. The van der Waals surface area contributed by atoms with Crippen LogP contribution in [0.5, 0.6) is 11.5 Å². The number of fused-ring (bicyclic) bond motifs is 1. The number of nitrogens with two attached hydrogens (primary N) is 1. The minimum Gasteiger partial charge on any atom is -0.454 e. The number of carbonyl (C=O) groups excluding carboxylic acids is 1. The third-order valence-electron chi connectivity index (χ3n) is 8.13. The zero-order valence-electron chi connectivity index (χ0n) is 21.9. The van der Waals surface area contributed by atoms with Gasteiger partial charge in [-0.25, -0.2) is 4.99 Å². The number of hydrogen-bond acceptors (Lipinski definition) is 5. The second kappa shape index (κ2) is 12.0. The number of rotatable bonds is 7. The summed E-state index contributed by atoms with van der Waals surface area (Å²) in [6.07, 6.45) is 11.2. The maximum atomic E-state index is 11.9. The van der Waals surface area contributed by atoms with E-state index in [1.807, 2.05) is 42.5 Å². The number of hydrogen-bond donors (Lipinski definition) is 3. The van der Waals surface area contributed by atoms with E-state index < -0.39 is 0 Å². The summed E-state index contributed by atoms with van der Waals surface area (Å²) < 4.78 is 11.0. The van der Waals surface area contributed by atoms with Crippen molar-refractivity contribution in [2.75, 3.05) is 12.1 Å². The molecule has 0 spiro atoms. The van der Waals surface area contributed by atoms with E-state index in [2.05, 4.69) is 10.6 Å². The van der Waals surface area contributed by atoms with Gasteiger partial charge in [-0.05, 0) is 106 Å². The van der Waals surface area contributed by atoms with Gasteiger partial charge < -0.3 is 25.8 Å². The summed E-state index contributed by atoms with van der Waals surface area (Å²) in [7, 11) is 0. The molecule has 0 atom stereocenters. The van der Waals surface area contributed by atoms with Crippen LogP contribution < -0.4 is 25.8 Å². The SMILES string of the molecule is CC(=O)c1cccc(NC(=NCc2ccc3c(c2)OCO3)NC2CCC(CC3CCC(N)CC3)CC2)c1. The molecule has 2 fully saturated rings. The van der Waals surface area contributed by atoms with Crippen LogP contribution in [0.1, 0.15) is 80.6 Å². The molecule has 2 aliphatic carbocycles. The van der Waals surface area contributed by atoms with Gasteiger partial charge in [0.2, 0.25) is 6.79 Å². The molecule has 0 unspecified atom stereocenters. The van der Waals surface area contributed by atoms with Crippen LogP contribution in [-0.4, -0.2) is 30.6 Å². The summed E-state index contributed by atoms with van der Waals surface area (Å²) in [4.78, 5) is 16.8. The van der Waals surface area contributed by atoms with Gasteiger partial charge in [0.25, 0.3) is 0 Å². The molecule has 2 aromatic rings. The van der Waals surface area contributed by atoms with Crippen molar-refractivity contribution in [3.8, 4) is 11.5 Å². The van der Waals surface area contributed by atoms with Crippen molar-refractivity contribution in [2.45, 2.75) is 83.3 Å². The molecule has 5 rings (SSSR count). The molecular formula is C30H40N4O3. The van der Waals surface area contributed by atoms with Gasteiger partial charge in [0, 0.05) is 23.3 Å². The number of aliphatic imine (C=N–C) groups is 1. The van der Waals surface area contributed by atoms with E-state index in [4.69, 9.17) is 20.2 Å². The van der Waals surface area contributed by atoms with Gasteiger partial charge in [-0.15, -0.1) is 0 Å². The monoisotopic (exact) mass is 504 g/mol. The van der Waals surface area contributed by atoms with Gasteiger partial charge in [0.05, 0.1) is 6.54 Å². The Kier molecular flexibility index (Phi) is 8.29.